The maximum Gasteiger partial charge on any atom is 0.0327 e. The molecule has 1 aromatic heterocycles. The second kappa shape index (κ2) is 4.33. The van der Waals surface area contributed by atoms with E-state index in [2.05, 4.69) is 39.6 Å². The van der Waals surface area contributed by atoms with Crippen LogP contribution in [0.3, 0.4) is 0 Å². The van der Waals surface area contributed by atoms with Crippen LogP contribution < -0.4 is 5.32 Å². The van der Waals surface area contributed by atoms with Crippen LogP contribution in [0.25, 0.3) is 0 Å². The summed E-state index contributed by atoms with van der Waals surface area (Å²) in [5.74, 6) is 0. The Morgan fingerprint density at radius 2 is 2.21 bits per heavy atom. The van der Waals surface area contributed by atoms with Gasteiger partial charge in [0.15, 0.2) is 0 Å². The van der Waals surface area contributed by atoms with Gasteiger partial charge in [-0.3, -0.25) is 0 Å². The Morgan fingerprint density at radius 1 is 1.50 bits per heavy atom. The van der Waals surface area contributed by atoms with Crippen LogP contribution in [-0.4, -0.2) is 5.54 Å². The maximum absolute atomic E-state index is 3.68. The predicted octanol–water partition coefficient (Wildman–Crippen LogP) is 3.93. The highest BCUT2D eigenvalue weighted by Crippen LogP contribution is 2.30. The standard InChI is InChI=1S/C11H16BrNS/c1-11(5-2-3-6-11)13-8-10-9(12)4-7-14-10/h4,7,13H,2-3,5-6,8H2,1H3. The van der Waals surface area contributed by atoms with Gasteiger partial charge in [0, 0.05) is 21.4 Å². The van der Waals surface area contributed by atoms with E-state index < -0.39 is 0 Å². The van der Waals surface area contributed by atoms with Crippen LogP contribution in [0.4, 0.5) is 0 Å². The molecule has 78 valence electrons. The number of hydrogen-bond donors (Lipinski definition) is 1. The van der Waals surface area contributed by atoms with E-state index in [-0.39, 0.29) is 0 Å². The van der Waals surface area contributed by atoms with E-state index in [0.717, 1.165) is 6.54 Å². The summed E-state index contributed by atoms with van der Waals surface area (Å²) in [4.78, 5) is 1.41. The highest BCUT2D eigenvalue weighted by atomic mass is 79.9. The quantitative estimate of drug-likeness (QED) is 0.880. The van der Waals surface area contributed by atoms with Gasteiger partial charge in [0.1, 0.15) is 0 Å². The summed E-state index contributed by atoms with van der Waals surface area (Å²) < 4.78 is 1.25. The molecule has 0 unspecified atom stereocenters. The third-order valence-corrected chi connectivity index (χ3v) is 5.00. The van der Waals surface area contributed by atoms with Gasteiger partial charge in [-0.15, -0.1) is 11.3 Å². The predicted molar refractivity (Wildman–Crippen MR) is 65.7 cm³/mol. The van der Waals surface area contributed by atoms with Crippen molar-refractivity contribution in [1.82, 2.24) is 5.32 Å². The first kappa shape index (κ1) is 10.7. The molecular formula is C11H16BrNS. The van der Waals surface area contributed by atoms with Crippen molar-refractivity contribution >= 4 is 27.3 Å². The summed E-state index contributed by atoms with van der Waals surface area (Å²) in [6.45, 7) is 3.36. The third kappa shape index (κ3) is 2.38. The number of nitrogens with one attached hydrogen (secondary N) is 1. The summed E-state index contributed by atoms with van der Waals surface area (Å²) in [6, 6.07) is 2.12. The van der Waals surface area contributed by atoms with Crippen molar-refractivity contribution < 1.29 is 0 Å². The molecule has 0 spiro atoms. The Balaban J connectivity index is 1.91. The summed E-state index contributed by atoms with van der Waals surface area (Å²) in [5.41, 5.74) is 0.392. The van der Waals surface area contributed by atoms with Crippen LogP contribution in [0.15, 0.2) is 15.9 Å². The van der Waals surface area contributed by atoms with Crippen molar-refractivity contribution in [3.05, 3.63) is 20.8 Å². The summed E-state index contributed by atoms with van der Waals surface area (Å²) in [7, 11) is 0. The summed E-state index contributed by atoms with van der Waals surface area (Å²) in [6.07, 6.45) is 5.43. The lowest BCUT2D eigenvalue weighted by molar-refractivity contribution is 0.364. The molecular weight excluding hydrogens is 258 g/mol. The van der Waals surface area contributed by atoms with E-state index in [1.54, 1.807) is 0 Å². The lowest BCUT2D eigenvalue weighted by Crippen LogP contribution is -2.38. The molecule has 0 aliphatic heterocycles. The SMILES string of the molecule is CC1(NCc2sccc2Br)CCCC1. The minimum Gasteiger partial charge on any atom is -0.307 e. The minimum absolute atomic E-state index is 0.392. The van der Waals surface area contributed by atoms with E-state index in [4.69, 9.17) is 0 Å². The van der Waals surface area contributed by atoms with Crippen molar-refractivity contribution in [3.63, 3.8) is 0 Å². The molecule has 0 saturated heterocycles. The van der Waals surface area contributed by atoms with Crippen LogP contribution in [0.5, 0.6) is 0 Å². The van der Waals surface area contributed by atoms with E-state index >= 15 is 0 Å². The average Bonchev–Trinajstić information content (AvgIpc) is 2.73. The molecule has 14 heavy (non-hydrogen) atoms. The zero-order valence-corrected chi connectivity index (χ0v) is 10.9. The zero-order valence-electron chi connectivity index (χ0n) is 8.48. The third-order valence-electron chi connectivity index (χ3n) is 3.07. The van der Waals surface area contributed by atoms with E-state index in [0.29, 0.717) is 5.54 Å². The smallest absolute Gasteiger partial charge is 0.0327 e. The van der Waals surface area contributed by atoms with Gasteiger partial charge in [-0.2, -0.15) is 0 Å². The van der Waals surface area contributed by atoms with Crippen LogP contribution >= 0.6 is 27.3 Å². The van der Waals surface area contributed by atoms with Gasteiger partial charge in [0.05, 0.1) is 0 Å². The molecule has 2 rings (SSSR count). The maximum atomic E-state index is 3.68. The lowest BCUT2D eigenvalue weighted by Gasteiger charge is -2.25. The molecule has 1 fully saturated rings. The van der Waals surface area contributed by atoms with Crippen molar-refractivity contribution in [3.8, 4) is 0 Å². The Labute approximate surface area is 98.0 Å². The molecule has 1 saturated carbocycles. The monoisotopic (exact) mass is 273 g/mol. The van der Waals surface area contributed by atoms with Gasteiger partial charge in [0.25, 0.3) is 0 Å². The zero-order chi connectivity index (χ0) is 10.0. The van der Waals surface area contributed by atoms with Gasteiger partial charge >= 0.3 is 0 Å². The van der Waals surface area contributed by atoms with Crippen molar-refractivity contribution in [2.75, 3.05) is 0 Å². The van der Waals surface area contributed by atoms with E-state index in [1.165, 1.54) is 35.0 Å². The highest BCUT2D eigenvalue weighted by Gasteiger charge is 2.27. The van der Waals surface area contributed by atoms with Crippen LogP contribution in [0.1, 0.15) is 37.5 Å². The first-order valence-corrected chi connectivity index (χ1v) is 6.84. The molecule has 3 heteroatoms. The molecule has 0 amide bonds. The van der Waals surface area contributed by atoms with Gasteiger partial charge in [-0.25, -0.2) is 0 Å². The summed E-state index contributed by atoms with van der Waals surface area (Å²) >= 11 is 5.39. The molecule has 1 nitrogen and oxygen atoms in total. The Kier molecular flexibility index (Phi) is 3.30. The molecule has 1 N–H and O–H groups in total. The lowest BCUT2D eigenvalue weighted by atomic mass is 10.0. The molecule has 1 aliphatic rings. The topological polar surface area (TPSA) is 12.0 Å². The second-order valence-electron chi connectivity index (χ2n) is 4.31. The first-order valence-electron chi connectivity index (χ1n) is 5.17. The molecule has 0 radical (unpaired) electrons. The fraction of sp³-hybridized carbons (Fsp3) is 0.636. The average molecular weight is 274 g/mol. The van der Waals surface area contributed by atoms with Crippen LogP contribution in [-0.2, 0) is 6.54 Å². The molecule has 0 atom stereocenters. The van der Waals surface area contributed by atoms with Crippen molar-refractivity contribution in [2.45, 2.75) is 44.7 Å². The fourth-order valence-electron chi connectivity index (χ4n) is 2.08. The fourth-order valence-corrected chi connectivity index (χ4v) is 3.51. The molecule has 0 aromatic carbocycles. The van der Waals surface area contributed by atoms with E-state index in [1.807, 2.05) is 11.3 Å². The minimum atomic E-state index is 0.392. The van der Waals surface area contributed by atoms with Gasteiger partial charge in [-0.1, -0.05) is 12.8 Å². The van der Waals surface area contributed by atoms with E-state index in [9.17, 15) is 0 Å². The van der Waals surface area contributed by atoms with Crippen molar-refractivity contribution in [1.29, 1.82) is 0 Å². The summed E-state index contributed by atoms with van der Waals surface area (Å²) in [5, 5.41) is 5.82. The van der Waals surface area contributed by atoms with Crippen LogP contribution in [0, 0.1) is 0 Å². The number of hydrogen-bond acceptors (Lipinski definition) is 2. The number of thiophene rings is 1. The number of rotatable bonds is 3. The second-order valence-corrected chi connectivity index (χ2v) is 6.17. The van der Waals surface area contributed by atoms with Crippen LogP contribution in [0.2, 0.25) is 0 Å². The Morgan fingerprint density at radius 3 is 2.79 bits per heavy atom. The van der Waals surface area contributed by atoms with Gasteiger partial charge in [-0.05, 0) is 47.1 Å². The molecule has 1 heterocycles. The van der Waals surface area contributed by atoms with Crippen molar-refractivity contribution in [2.24, 2.45) is 0 Å². The first-order chi connectivity index (χ1) is 6.70. The molecule has 1 aromatic rings. The van der Waals surface area contributed by atoms with Gasteiger partial charge in [0.2, 0.25) is 0 Å². The largest absolute Gasteiger partial charge is 0.307 e. The Bertz CT molecular complexity index is 302. The molecule has 0 bridgehead atoms. The number of halogens is 1. The molecule has 1 aliphatic carbocycles. The normalized spacial score (nSPS) is 20.1. The van der Waals surface area contributed by atoms with Gasteiger partial charge < -0.3 is 5.32 Å². The highest BCUT2D eigenvalue weighted by molar-refractivity contribution is 9.10. The Hall–Kier alpha value is 0.140.